The van der Waals surface area contributed by atoms with Crippen LogP contribution in [0.3, 0.4) is 0 Å². The van der Waals surface area contributed by atoms with Crippen molar-refractivity contribution in [3.8, 4) is 0 Å². The highest BCUT2D eigenvalue weighted by Gasteiger charge is 2.21. The molecule has 1 N–H and O–H groups in total. The Balaban J connectivity index is 1.92. The molecule has 1 fully saturated rings. The summed E-state index contributed by atoms with van der Waals surface area (Å²) in [6.07, 6.45) is 9.84. The quantitative estimate of drug-likeness (QED) is 0.784. The van der Waals surface area contributed by atoms with Gasteiger partial charge in [-0.15, -0.1) is 0 Å². The lowest BCUT2D eigenvalue weighted by Gasteiger charge is -2.25. The zero-order valence-corrected chi connectivity index (χ0v) is 11.1. The fourth-order valence-corrected chi connectivity index (χ4v) is 3.56. The number of thiophene rings is 1. The summed E-state index contributed by atoms with van der Waals surface area (Å²) >= 11 is 1.82. The lowest BCUT2D eigenvalue weighted by Crippen LogP contribution is -2.35. The van der Waals surface area contributed by atoms with E-state index in [2.05, 4.69) is 29.2 Å². The summed E-state index contributed by atoms with van der Waals surface area (Å²) < 4.78 is 0. The molecule has 0 amide bonds. The van der Waals surface area contributed by atoms with Crippen LogP contribution < -0.4 is 5.32 Å². The van der Waals surface area contributed by atoms with Gasteiger partial charge in [0.1, 0.15) is 0 Å². The first-order valence-corrected chi connectivity index (χ1v) is 7.53. The lowest BCUT2D eigenvalue weighted by atomic mass is 9.88. The van der Waals surface area contributed by atoms with Gasteiger partial charge in [-0.05, 0) is 54.6 Å². The molecule has 1 aromatic heterocycles. The molecule has 1 unspecified atom stereocenters. The molecular weight excluding hydrogens is 214 g/mol. The molecule has 2 heteroatoms. The van der Waals surface area contributed by atoms with Gasteiger partial charge in [0.2, 0.25) is 0 Å². The van der Waals surface area contributed by atoms with Gasteiger partial charge < -0.3 is 5.32 Å². The summed E-state index contributed by atoms with van der Waals surface area (Å²) in [5.41, 5.74) is 1.51. The highest BCUT2D eigenvalue weighted by molar-refractivity contribution is 7.07. The highest BCUT2D eigenvalue weighted by Crippen LogP contribution is 2.27. The molecular formula is C14H23NS. The van der Waals surface area contributed by atoms with Crippen LogP contribution in [0, 0.1) is 5.92 Å². The Hall–Kier alpha value is -0.340. The van der Waals surface area contributed by atoms with Crippen molar-refractivity contribution in [1.82, 2.24) is 5.32 Å². The largest absolute Gasteiger partial charge is 0.316 e. The Morgan fingerprint density at radius 3 is 2.62 bits per heavy atom. The van der Waals surface area contributed by atoms with Gasteiger partial charge in [0.25, 0.3) is 0 Å². The van der Waals surface area contributed by atoms with Crippen molar-refractivity contribution < 1.29 is 0 Å². The van der Waals surface area contributed by atoms with Crippen molar-refractivity contribution in [2.24, 2.45) is 5.92 Å². The second kappa shape index (κ2) is 6.41. The Morgan fingerprint density at radius 2 is 2.06 bits per heavy atom. The average Bonchev–Trinajstić information content (AvgIpc) is 2.67. The van der Waals surface area contributed by atoms with Crippen LogP contribution >= 0.6 is 11.3 Å². The Morgan fingerprint density at radius 1 is 1.31 bits per heavy atom. The molecule has 0 aliphatic heterocycles. The SMILES string of the molecule is CNC(Cc1ccsc1)C1CCCCCC1. The number of likely N-dealkylation sites (N-methyl/N-ethyl adjacent to an activating group) is 1. The minimum absolute atomic E-state index is 0.688. The summed E-state index contributed by atoms with van der Waals surface area (Å²) in [4.78, 5) is 0. The van der Waals surface area contributed by atoms with Gasteiger partial charge in [-0.1, -0.05) is 25.7 Å². The van der Waals surface area contributed by atoms with E-state index in [1.807, 2.05) is 11.3 Å². The van der Waals surface area contributed by atoms with Crippen LogP contribution in [0.2, 0.25) is 0 Å². The molecule has 1 heterocycles. The molecule has 0 radical (unpaired) electrons. The van der Waals surface area contributed by atoms with E-state index < -0.39 is 0 Å². The number of hydrogen-bond acceptors (Lipinski definition) is 2. The second-order valence-electron chi connectivity index (χ2n) is 4.98. The minimum Gasteiger partial charge on any atom is -0.316 e. The molecule has 0 saturated heterocycles. The molecule has 16 heavy (non-hydrogen) atoms. The molecule has 0 bridgehead atoms. The number of hydrogen-bond donors (Lipinski definition) is 1. The van der Waals surface area contributed by atoms with Crippen LogP contribution in [0.1, 0.15) is 44.1 Å². The third kappa shape index (κ3) is 3.33. The predicted octanol–water partition coefficient (Wildman–Crippen LogP) is 3.85. The van der Waals surface area contributed by atoms with Gasteiger partial charge in [-0.25, -0.2) is 0 Å². The normalized spacial score (nSPS) is 20.6. The first-order chi connectivity index (χ1) is 7.90. The molecule has 1 atom stereocenters. The van der Waals surface area contributed by atoms with E-state index in [1.165, 1.54) is 50.5 Å². The van der Waals surface area contributed by atoms with Gasteiger partial charge in [0.15, 0.2) is 0 Å². The maximum Gasteiger partial charge on any atom is 0.0133 e. The molecule has 1 aliphatic rings. The molecule has 0 aromatic carbocycles. The molecule has 0 spiro atoms. The average molecular weight is 237 g/mol. The Labute approximate surface area is 103 Å². The van der Waals surface area contributed by atoms with Crippen LogP contribution in [0.4, 0.5) is 0 Å². The van der Waals surface area contributed by atoms with E-state index >= 15 is 0 Å². The van der Waals surface area contributed by atoms with Crippen molar-refractivity contribution in [2.45, 2.75) is 51.0 Å². The lowest BCUT2D eigenvalue weighted by molar-refractivity contribution is 0.333. The molecule has 1 saturated carbocycles. The van der Waals surface area contributed by atoms with Gasteiger partial charge in [0.05, 0.1) is 0 Å². The topological polar surface area (TPSA) is 12.0 Å². The van der Waals surface area contributed by atoms with Crippen molar-refractivity contribution in [3.63, 3.8) is 0 Å². The highest BCUT2D eigenvalue weighted by atomic mass is 32.1. The fraction of sp³-hybridized carbons (Fsp3) is 0.714. The zero-order valence-electron chi connectivity index (χ0n) is 10.2. The van der Waals surface area contributed by atoms with Crippen LogP contribution in [0.5, 0.6) is 0 Å². The Bertz CT molecular complexity index is 273. The van der Waals surface area contributed by atoms with Crippen molar-refractivity contribution in [1.29, 1.82) is 0 Å². The predicted molar refractivity (Wildman–Crippen MR) is 72.1 cm³/mol. The first kappa shape index (κ1) is 12.1. The summed E-state index contributed by atoms with van der Waals surface area (Å²) in [6, 6.07) is 2.96. The zero-order chi connectivity index (χ0) is 11.2. The summed E-state index contributed by atoms with van der Waals surface area (Å²) in [6.45, 7) is 0. The van der Waals surface area contributed by atoms with Crippen LogP contribution in [-0.4, -0.2) is 13.1 Å². The van der Waals surface area contributed by atoms with Crippen LogP contribution in [0.15, 0.2) is 16.8 Å². The van der Waals surface area contributed by atoms with Gasteiger partial charge in [-0.2, -0.15) is 11.3 Å². The van der Waals surface area contributed by atoms with E-state index in [9.17, 15) is 0 Å². The minimum atomic E-state index is 0.688. The van der Waals surface area contributed by atoms with E-state index in [0.29, 0.717) is 6.04 Å². The van der Waals surface area contributed by atoms with E-state index in [4.69, 9.17) is 0 Å². The maximum atomic E-state index is 3.54. The van der Waals surface area contributed by atoms with Gasteiger partial charge in [-0.3, -0.25) is 0 Å². The molecule has 1 aliphatic carbocycles. The standard InChI is InChI=1S/C14H23NS/c1-15-14(10-12-8-9-16-11-12)13-6-4-2-3-5-7-13/h8-9,11,13-15H,2-7,10H2,1H3. The second-order valence-corrected chi connectivity index (χ2v) is 5.76. The van der Waals surface area contributed by atoms with E-state index in [1.54, 1.807) is 0 Å². The molecule has 1 nitrogen and oxygen atoms in total. The fourth-order valence-electron chi connectivity index (χ4n) is 2.88. The Kier molecular flexibility index (Phi) is 4.86. The van der Waals surface area contributed by atoms with Crippen LogP contribution in [0.25, 0.3) is 0 Å². The van der Waals surface area contributed by atoms with E-state index in [0.717, 1.165) is 5.92 Å². The van der Waals surface area contributed by atoms with Gasteiger partial charge in [0, 0.05) is 6.04 Å². The maximum absolute atomic E-state index is 3.54. The van der Waals surface area contributed by atoms with E-state index in [-0.39, 0.29) is 0 Å². The van der Waals surface area contributed by atoms with Gasteiger partial charge >= 0.3 is 0 Å². The van der Waals surface area contributed by atoms with Crippen molar-refractivity contribution in [3.05, 3.63) is 22.4 Å². The molecule has 1 aromatic rings. The summed E-state index contributed by atoms with van der Waals surface area (Å²) in [5, 5.41) is 8.02. The third-order valence-corrected chi connectivity index (χ3v) is 4.61. The number of rotatable bonds is 4. The summed E-state index contributed by atoms with van der Waals surface area (Å²) in [5.74, 6) is 0.896. The van der Waals surface area contributed by atoms with Crippen LogP contribution in [-0.2, 0) is 6.42 Å². The number of nitrogens with one attached hydrogen (secondary N) is 1. The van der Waals surface area contributed by atoms with Crippen molar-refractivity contribution >= 4 is 11.3 Å². The smallest absolute Gasteiger partial charge is 0.0133 e. The molecule has 90 valence electrons. The monoisotopic (exact) mass is 237 g/mol. The first-order valence-electron chi connectivity index (χ1n) is 6.58. The molecule has 2 rings (SSSR count). The third-order valence-electron chi connectivity index (χ3n) is 3.88. The van der Waals surface area contributed by atoms with Crippen molar-refractivity contribution in [2.75, 3.05) is 7.05 Å². The summed E-state index contributed by atoms with van der Waals surface area (Å²) in [7, 11) is 2.13.